The number of ether oxygens (including phenoxy) is 2. The Labute approximate surface area is 182 Å². The van der Waals surface area contributed by atoms with Crippen LogP contribution in [0.15, 0.2) is 29.2 Å². The largest absolute Gasteiger partial charge is 0.493 e. The number of likely N-dealkylation sites (tertiary alicyclic amines) is 1. The van der Waals surface area contributed by atoms with Gasteiger partial charge in [-0.2, -0.15) is 0 Å². The first kappa shape index (κ1) is 21.4. The van der Waals surface area contributed by atoms with Gasteiger partial charge in [0, 0.05) is 30.4 Å². The van der Waals surface area contributed by atoms with Gasteiger partial charge in [-0.3, -0.25) is 9.69 Å². The van der Waals surface area contributed by atoms with E-state index >= 15 is 0 Å². The minimum absolute atomic E-state index is 0.117. The zero-order chi connectivity index (χ0) is 22.0. The number of carboxylic acids is 1. The van der Waals surface area contributed by atoms with E-state index in [1.807, 2.05) is 16.7 Å². The standard InChI is InChI=1S/C24H30N2O5/c1-3-17-7-6-16-12-23(31-11-10-25-8-4-5-9-25)22(30-2)13-18(16)20-14-21(27)19(24(28)29)15-26(17)20/h12-15,17H,3-11H2,1-2H3,(H,28,29). The molecule has 31 heavy (non-hydrogen) atoms. The van der Waals surface area contributed by atoms with E-state index in [0.29, 0.717) is 18.1 Å². The fraction of sp³-hybridized carbons (Fsp3) is 0.500. The van der Waals surface area contributed by atoms with Gasteiger partial charge in [-0.1, -0.05) is 6.92 Å². The number of hydrogen-bond donors (Lipinski definition) is 1. The molecule has 0 radical (unpaired) electrons. The van der Waals surface area contributed by atoms with Crippen molar-refractivity contribution in [3.8, 4) is 22.8 Å². The zero-order valence-electron chi connectivity index (χ0n) is 18.2. The number of carbonyl (C=O) groups is 1. The van der Waals surface area contributed by atoms with Crippen molar-refractivity contribution in [1.82, 2.24) is 9.47 Å². The Morgan fingerprint density at radius 3 is 2.65 bits per heavy atom. The van der Waals surface area contributed by atoms with E-state index < -0.39 is 11.4 Å². The monoisotopic (exact) mass is 426 g/mol. The molecule has 1 aromatic heterocycles. The molecule has 0 aliphatic carbocycles. The number of methoxy groups -OCH3 is 1. The van der Waals surface area contributed by atoms with Crippen molar-refractivity contribution in [1.29, 1.82) is 0 Å². The molecule has 0 bridgehead atoms. The maximum Gasteiger partial charge on any atom is 0.341 e. The van der Waals surface area contributed by atoms with E-state index in [9.17, 15) is 14.7 Å². The molecule has 0 amide bonds. The Morgan fingerprint density at radius 2 is 1.97 bits per heavy atom. The Balaban J connectivity index is 1.71. The third-order valence-electron chi connectivity index (χ3n) is 6.45. The molecular weight excluding hydrogens is 396 g/mol. The van der Waals surface area contributed by atoms with Crippen molar-refractivity contribution in [2.75, 3.05) is 33.4 Å². The van der Waals surface area contributed by atoms with Crippen molar-refractivity contribution in [3.63, 3.8) is 0 Å². The van der Waals surface area contributed by atoms with Crippen LogP contribution in [-0.2, 0) is 6.42 Å². The molecule has 166 valence electrons. The molecule has 7 nitrogen and oxygen atoms in total. The number of nitrogens with zero attached hydrogens (tertiary/aromatic N) is 2. The molecule has 0 saturated carbocycles. The molecule has 1 aromatic carbocycles. The lowest BCUT2D eigenvalue weighted by atomic mass is 9.99. The van der Waals surface area contributed by atoms with Crippen molar-refractivity contribution in [2.45, 2.75) is 45.1 Å². The lowest BCUT2D eigenvalue weighted by molar-refractivity contribution is 0.0694. The van der Waals surface area contributed by atoms with Crippen LogP contribution in [0.3, 0.4) is 0 Å². The van der Waals surface area contributed by atoms with Crippen molar-refractivity contribution in [2.24, 2.45) is 0 Å². The molecule has 1 unspecified atom stereocenters. The van der Waals surface area contributed by atoms with Crippen LogP contribution in [0.4, 0.5) is 0 Å². The summed E-state index contributed by atoms with van der Waals surface area (Å²) in [6.45, 7) is 5.84. The summed E-state index contributed by atoms with van der Waals surface area (Å²) in [7, 11) is 1.61. The number of hydrogen-bond acceptors (Lipinski definition) is 5. The van der Waals surface area contributed by atoms with Crippen molar-refractivity contribution < 1.29 is 19.4 Å². The van der Waals surface area contributed by atoms with Gasteiger partial charge >= 0.3 is 5.97 Å². The molecule has 7 heteroatoms. The second kappa shape index (κ2) is 9.14. The van der Waals surface area contributed by atoms with Crippen LogP contribution in [0.5, 0.6) is 11.5 Å². The van der Waals surface area contributed by atoms with Gasteiger partial charge in [0.15, 0.2) is 16.9 Å². The van der Waals surface area contributed by atoms with Crippen LogP contribution < -0.4 is 14.9 Å². The number of benzene rings is 1. The summed E-state index contributed by atoms with van der Waals surface area (Å²) in [5.41, 5.74) is 2.04. The van der Waals surface area contributed by atoms with Gasteiger partial charge in [-0.05, 0) is 62.9 Å². The summed E-state index contributed by atoms with van der Waals surface area (Å²) in [4.78, 5) is 26.4. The summed E-state index contributed by atoms with van der Waals surface area (Å²) >= 11 is 0. The minimum Gasteiger partial charge on any atom is -0.493 e. The fourth-order valence-electron chi connectivity index (χ4n) is 4.70. The quantitative estimate of drug-likeness (QED) is 0.729. The summed E-state index contributed by atoms with van der Waals surface area (Å²) in [5.74, 6) is 0.141. The van der Waals surface area contributed by atoms with Crippen LogP contribution in [0, 0.1) is 0 Å². The van der Waals surface area contributed by atoms with Crippen LogP contribution in [-0.4, -0.2) is 53.9 Å². The third-order valence-corrected chi connectivity index (χ3v) is 6.45. The summed E-state index contributed by atoms with van der Waals surface area (Å²) in [6, 6.07) is 5.51. The summed E-state index contributed by atoms with van der Waals surface area (Å²) in [5, 5.41) is 9.42. The number of rotatable bonds is 7. The molecule has 1 atom stereocenters. The Kier molecular flexibility index (Phi) is 6.32. The lowest BCUT2D eigenvalue weighted by Crippen LogP contribution is -2.25. The highest BCUT2D eigenvalue weighted by Crippen LogP contribution is 2.40. The smallest absolute Gasteiger partial charge is 0.341 e. The maximum atomic E-state index is 12.5. The highest BCUT2D eigenvalue weighted by Gasteiger charge is 2.25. The second-order valence-electron chi connectivity index (χ2n) is 8.31. The van der Waals surface area contributed by atoms with E-state index in [-0.39, 0.29) is 11.6 Å². The first-order valence-corrected chi connectivity index (χ1v) is 11.1. The highest BCUT2D eigenvalue weighted by atomic mass is 16.5. The maximum absolute atomic E-state index is 12.5. The van der Waals surface area contributed by atoms with Crippen molar-refractivity contribution in [3.05, 3.63) is 45.7 Å². The molecule has 0 spiro atoms. The fourth-order valence-corrected chi connectivity index (χ4v) is 4.70. The zero-order valence-corrected chi connectivity index (χ0v) is 18.2. The van der Waals surface area contributed by atoms with Crippen LogP contribution in [0.2, 0.25) is 0 Å². The normalized spacial score (nSPS) is 18.2. The first-order chi connectivity index (χ1) is 15.0. The van der Waals surface area contributed by atoms with Crippen molar-refractivity contribution >= 4 is 5.97 Å². The molecular formula is C24H30N2O5. The van der Waals surface area contributed by atoms with Gasteiger partial charge in [0.1, 0.15) is 12.2 Å². The minimum atomic E-state index is -1.20. The van der Waals surface area contributed by atoms with E-state index in [4.69, 9.17) is 9.47 Å². The number of aromatic nitrogens is 1. The van der Waals surface area contributed by atoms with Gasteiger partial charge < -0.3 is 19.1 Å². The molecule has 2 aliphatic heterocycles. The number of aryl methyl sites for hydroxylation is 1. The second-order valence-corrected chi connectivity index (χ2v) is 8.31. The molecule has 1 N–H and O–H groups in total. The van der Waals surface area contributed by atoms with Gasteiger partial charge in [-0.25, -0.2) is 4.79 Å². The van der Waals surface area contributed by atoms with Gasteiger partial charge in [0.2, 0.25) is 0 Å². The lowest BCUT2D eigenvalue weighted by Gasteiger charge is -2.21. The topological polar surface area (TPSA) is 81.0 Å². The number of pyridine rings is 1. The average Bonchev–Trinajstić information content (AvgIpc) is 3.23. The Hall–Kier alpha value is -2.80. The predicted molar refractivity (Wildman–Crippen MR) is 118 cm³/mol. The third kappa shape index (κ3) is 4.32. The SMILES string of the molecule is CCC1CCc2cc(OCCN3CCCC3)c(OC)cc2-c2cc(=O)c(C(=O)O)cn21. The number of aromatic carboxylic acids is 1. The van der Waals surface area contributed by atoms with Gasteiger partial charge in [0.05, 0.1) is 12.8 Å². The average molecular weight is 427 g/mol. The number of carboxylic acid groups (broad SMARTS) is 1. The highest BCUT2D eigenvalue weighted by molar-refractivity contribution is 5.87. The van der Waals surface area contributed by atoms with Gasteiger partial charge in [-0.15, -0.1) is 0 Å². The van der Waals surface area contributed by atoms with E-state index in [1.54, 1.807) is 7.11 Å². The molecule has 1 saturated heterocycles. The Morgan fingerprint density at radius 1 is 1.19 bits per heavy atom. The van der Waals surface area contributed by atoms with E-state index in [2.05, 4.69) is 11.8 Å². The van der Waals surface area contributed by atoms with Gasteiger partial charge in [0.25, 0.3) is 0 Å². The van der Waals surface area contributed by atoms with Crippen LogP contribution in [0.25, 0.3) is 11.3 Å². The molecule has 3 heterocycles. The first-order valence-electron chi connectivity index (χ1n) is 11.1. The Bertz CT molecular complexity index is 1020. The summed E-state index contributed by atoms with van der Waals surface area (Å²) in [6.07, 6.45) is 6.53. The number of fused-ring (bicyclic) bond motifs is 3. The molecule has 1 fully saturated rings. The van der Waals surface area contributed by atoms with E-state index in [1.165, 1.54) is 25.1 Å². The molecule has 2 aromatic rings. The van der Waals surface area contributed by atoms with E-state index in [0.717, 1.165) is 55.7 Å². The predicted octanol–water partition coefficient (Wildman–Crippen LogP) is 3.59. The summed E-state index contributed by atoms with van der Waals surface area (Å²) < 4.78 is 13.7. The van der Waals surface area contributed by atoms with Crippen LogP contribution in [0.1, 0.15) is 54.6 Å². The van der Waals surface area contributed by atoms with Crippen LogP contribution >= 0.6 is 0 Å². The molecule has 2 aliphatic rings. The molecule has 4 rings (SSSR count).